The Bertz CT molecular complexity index is 488. The summed E-state index contributed by atoms with van der Waals surface area (Å²) in [5.74, 6) is 0.643. The summed E-state index contributed by atoms with van der Waals surface area (Å²) in [4.78, 5) is 12.9. The number of rotatable bonds is 4. The van der Waals surface area contributed by atoms with Gasteiger partial charge in [-0.25, -0.2) is 0 Å². The van der Waals surface area contributed by atoms with Gasteiger partial charge in [-0.3, -0.25) is 9.69 Å². The summed E-state index contributed by atoms with van der Waals surface area (Å²) in [6, 6.07) is 6.00. The third-order valence-electron chi connectivity index (χ3n) is 3.51. The first-order chi connectivity index (χ1) is 8.65. The number of carbonyl (C=O) groups is 1. The fourth-order valence-electron chi connectivity index (χ4n) is 2.38. The van der Waals surface area contributed by atoms with Gasteiger partial charge in [0.25, 0.3) is 0 Å². The standard InChI is InChI=1S/C13H15NO4/c1-14(10-5-9(10)13(15)16)6-8-2-3-11-12(4-8)18-7-17-11/h2-4,9-10H,5-7H2,1H3,(H,15,16). The number of aliphatic carboxylic acids is 1. The Labute approximate surface area is 105 Å². The van der Waals surface area contributed by atoms with Crippen molar-refractivity contribution < 1.29 is 19.4 Å². The third-order valence-corrected chi connectivity index (χ3v) is 3.51. The first kappa shape index (κ1) is 11.3. The van der Waals surface area contributed by atoms with E-state index in [4.69, 9.17) is 14.6 Å². The number of fused-ring (bicyclic) bond motifs is 1. The molecule has 0 amide bonds. The summed E-state index contributed by atoms with van der Waals surface area (Å²) in [5, 5.41) is 8.90. The van der Waals surface area contributed by atoms with E-state index in [1.807, 2.05) is 25.2 Å². The molecule has 1 fully saturated rings. The number of benzene rings is 1. The Hall–Kier alpha value is -1.75. The van der Waals surface area contributed by atoms with Crippen LogP contribution in [0.1, 0.15) is 12.0 Å². The van der Waals surface area contributed by atoms with Crippen molar-refractivity contribution in [1.82, 2.24) is 4.90 Å². The number of hydrogen-bond donors (Lipinski definition) is 1. The highest BCUT2D eigenvalue weighted by Gasteiger charge is 2.45. The molecule has 1 aliphatic carbocycles. The zero-order valence-electron chi connectivity index (χ0n) is 10.1. The molecule has 0 aromatic heterocycles. The largest absolute Gasteiger partial charge is 0.481 e. The van der Waals surface area contributed by atoms with Gasteiger partial charge in [-0.1, -0.05) is 6.07 Å². The predicted molar refractivity (Wildman–Crippen MR) is 63.6 cm³/mol. The van der Waals surface area contributed by atoms with E-state index in [9.17, 15) is 4.79 Å². The minimum absolute atomic E-state index is 0.160. The Kier molecular flexibility index (Phi) is 2.63. The highest BCUT2D eigenvalue weighted by molar-refractivity contribution is 5.74. The second kappa shape index (κ2) is 4.17. The first-order valence-electron chi connectivity index (χ1n) is 5.97. The van der Waals surface area contributed by atoms with Crippen LogP contribution in [-0.2, 0) is 11.3 Å². The molecule has 5 nitrogen and oxygen atoms in total. The summed E-state index contributed by atoms with van der Waals surface area (Å²) < 4.78 is 10.6. The van der Waals surface area contributed by atoms with E-state index in [-0.39, 0.29) is 18.8 Å². The van der Waals surface area contributed by atoms with Gasteiger partial charge in [0, 0.05) is 12.6 Å². The average Bonchev–Trinajstić information content (AvgIpc) is 3.02. The quantitative estimate of drug-likeness (QED) is 0.872. The smallest absolute Gasteiger partial charge is 0.308 e. The van der Waals surface area contributed by atoms with Crippen LogP contribution in [0.5, 0.6) is 11.5 Å². The van der Waals surface area contributed by atoms with E-state index in [0.717, 1.165) is 30.0 Å². The number of carboxylic acids is 1. The lowest BCUT2D eigenvalue weighted by Crippen LogP contribution is -2.23. The van der Waals surface area contributed by atoms with E-state index >= 15 is 0 Å². The van der Waals surface area contributed by atoms with E-state index < -0.39 is 5.97 Å². The van der Waals surface area contributed by atoms with Crippen LogP contribution in [0.2, 0.25) is 0 Å². The number of hydrogen-bond acceptors (Lipinski definition) is 4. The normalized spacial score (nSPS) is 24.3. The van der Waals surface area contributed by atoms with Crippen LogP contribution >= 0.6 is 0 Å². The van der Waals surface area contributed by atoms with Gasteiger partial charge in [-0.05, 0) is 31.2 Å². The molecule has 1 aromatic carbocycles. The summed E-state index contributed by atoms with van der Waals surface area (Å²) in [5.41, 5.74) is 1.11. The van der Waals surface area contributed by atoms with Crippen molar-refractivity contribution in [3.63, 3.8) is 0 Å². The molecule has 1 aromatic rings. The Morgan fingerprint density at radius 2 is 2.22 bits per heavy atom. The molecule has 0 bridgehead atoms. The molecule has 2 aliphatic rings. The van der Waals surface area contributed by atoms with Crippen molar-refractivity contribution in [1.29, 1.82) is 0 Å². The van der Waals surface area contributed by atoms with Crippen molar-refractivity contribution >= 4 is 5.97 Å². The molecule has 0 radical (unpaired) electrons. The van der Waals surface area contributed by atoms with Gasteiger partial charge in [0.15, 0.2) is 11.5 Å². The molecule has 2 unspecified atom stereocenters. The number of carboxylic acid groups (broad SMARTS) is 1. The van der Waals surface area contributed by atoms with Gasteiger partial charge in [-0.2, -0.15) is 0 Å². The van der Waals surface area contributed by atoms with E-state index in [2.05, 4.69) is 4.90 Å². The van der Waals surface area contributed by atoms with Gasteiger partial charge in [-0.15, -0.1) is 0 Å². The molecule has 18 heavy (non-hydrogen) atoms. The minimum atomic E-state index is -0.697. The van der Waals surface area contributed by atoms with E-state index in [0.29, 0.717) is 0 Å². The molecule has 2 atom stereocenters. The Morgan fingerprint density at radius 1 is 1.44 bits per heavy atom. The number of ether oxygens (including phenoxy) is 2. The molecule has 1 aliphatic heterocycles. The topological polar surface area (TPSA) is 59.0 Å². The van der Waals surface area contributed by atoms with Gasteiger partial charge < -0.3 is 14.6 Å². The molecule has 3 rings (SSSR count). The lowest BCUT2D eigenvalue weighted by atomic mass is 10.2. The fourth-order valence-corrected chi connectivity index (χ4v) is 2.38. The second-order valence-electron chi connectivity index (χ2n) is 4.85. The Morgan fingerprint density at radius 3 is 2.94 bits per heavy atom. The van der Waals surface area contributed by atoms with E-state index in [1.54, 1.807) is 0 Å². The van der Waals surface area contributed by atoms with Gasteiger partial charge in [0.05, 0.1) is 5.92 Å². The van der Waals surface area contributed by atoms with Crippen molar-refractivity contribution in [2.45, 2.75) is 19.0 Å². The molecule has 1 N–H and O–H groups in total. The van der Waals surface area contributed by atoms with Crippen molar-refractivity contribution in [3.05, 3.63) is 23.8 Å². The monoisotopic (exact) mass is 249 g/mol. The van der Waals surface area contributed by atoms with Gasteiger partial charge in [0.2, 0.25) is 6.79 Å². The molecule has 0 spiro atoms. The lowest BCUT2D eigenvalue weighted by molar-refractivity contribution is -0.138. The highest BCUT2D eigenvalue weighted by atomic mass is 16.7. The van der Waals surface area contributed by atoms with Crippen molar-refractivity contribution in [3.8, 4) is 11.5 Å². The summed E-state index contributed by atoms with van der Waals surface area (Å²) in [6.45, 7) is 1.00. The predicted octanol–water partition coefficient (Wildman–Crippen LogP) is 1.32. The average molecular weight is 249 g/mol. The van der Waals surface area contributed by atoms with Crippen LogP contribution in [-0.4, -0.2) is 35.9 Å². The second-order valence-corrected chi connectivity index (χ2v) is 4.85. The first-order valence-corrected chi connectivity index (χ1v) is 5.97. The van der Waals surface area contributed by atoms with Crippen LogP contribution in [0, 0.1) is 5.92 Å². The number of nitrogens with zero attached hydrogens (tertiary/aromatic N) is 1. The Balaban J connectivity index is 1.65. The SMILES string of the molecule is CN(Cc1ccc2c(c1)OCO2)C1CC1C(=O)O. The van der Waals surface area contributed by atoms with Crippen LogP contribution < -0.4 is 9.47 Å². The minimum Gasteiger partial charge on any atom is -0.481 e. The van der Waals surface area contributed by atoms with Crippen LogP contribution in [0.4, 0.5) is 0 Å². The van der Waals surface area contributed by atoms with Crippen LogP contribution in [0.25, 0.3) is 0 Å². The van der Waals surface area contributed by atoms with Gasteiger partial charge in [0.1, 0.15) is 0 Å². The molecule has 96 valence electrons. The van der Waals surface area contributed by atoms with Crippen LogP contribution in [0.15, 0.2) is 18.2 Å². The maximum absolute atomic E-state index is 10.8. The van der Waals surface area contributed by atoms with Crippen molar-refractivity contribution in [2.75, 3.05) is 13.8 Å². The van der Waals surface area contributed by atoms with Crippen molar-refractivity contribution in [2.24, 2.45) is 5.92 Å². The molecular formula is C13H15NO4. The van der Waals surface area contributed by atoms with Crippen LogP contribution in [0.3, 0.4) is 0 Å². The maximum Gasteiger partial charge on any atom is 0.308 e. The molecule has 1 heterocycles. The van der Waals surface area contributed by atoms with Gasteiger partial charge >= 0.3 is 5.97 Å². The summed E-state index contributed by atoms with van der Waals surface area (Å²) >= 11 is 0. The summed E-state index contributed by atoms with van der Waals surface area (Å²) in [7, 11) is 1.96. The fraction of sp³-hybridized carbons (Fsp3) is 0.462. The van der Waals surface area contributed by atoms with E-state index in [1.165, 1.54) is 0 Å². The zero-order chi connectivity index (χ0) is 12.7. The highest BCUT2D eigenvalue weighted by Crippen LogP contribution is 2.37. The molecule has 5 heteroatoms. The summed E-state index contributed by atoms with van der Waals surface area (Å²) in [6.07, 6.45) is 0.746. The molecular weight excluding hydrogens is 234 g/mol. The molecule has 0 saturated heterocycles. The maximum atomic E-state index is 10.8. The third kappa shape index (κ3) is 2.01. The zero-order valence-corrected chi connectivity index (χ0v) is 10.1. The lowest BCUT2D eigenvalue weighted by Gasteiger charge is -2.16. The molecule has 1 saturated carbocycles.